The number of phenols is 1. The highest BCUT2D eigenvalue weighted by Crippen LogP contribution is 2.28. The Labute approximate surface area is 108 Å². The number of aromatic hydroxyl groups is 1. The SMILES string of the molecule is Cc1cn(N=Cc2cccc([N+](=O)[O-])c2O)c(N)n1. The molecule has 2 aromatic rings. The summed E-state index contributed by atoms with van der Waals surface area (Å²) in [7, 11) is 0. The molecule has 0 saturated heterocycles. The third kappa shape index (κ3) is 2.51. The average Bonchev–Trinajstić information content (AvgIpc) is 2.66. The fraction of sp³-hybridized carbons (Fsp3) is 0.0909. The monoisotopic (exact) mass is 261 g/mol. The fourth-order valence-corrected chi connectivity index (χ4v) is 1.52. The van der Waals surface area contributed by atoms with E-state index in [9.17, 15) is 15.2 Å². The highest BCUT2D eigenvalue weighted by Gasteiger charge is 2.15. The minimum atomic E-state index is -0.664. The van der Waals surface area contributed by atoms with Gasteiger partial charge in [-0.15, -0.1) is 0 Å². The normalized spacial score (nSPS) is 11.0. The number of imidazole rings is 1. The second-order valence-electron chi connectivity index (χ2n) is 3.80. The molecule has 0 bridgehead atoms. The molecule has 8 nitrogen and oxygen atoms in total. The zero-order chi connectivity index (χ0) is 14.0. The third-order valence-electron chi connectivity index (χ3n) is 2.40. The van der Waals surface area contributed by atoms with E-state index < -0.39 is 10.7 Å². The molecule has 0 spiro atoms. The van der Waals surface area contributed by atoms with Gasteiger partial charge in [-0.2, -0.15) is 5.10 Å². The van der Waals surface area contributed by atoms with Gasteiger partial charge in [-0.25, -0.2) is 9.66 Å². The lowest BCUT2D eigenvalue weighted by molar-refractivity contribution is -0.385. The zero-order valence-corrected chi connectivity index (χ0v) is 10.0. The van der Waals surface area contributed by atoms with Crippen molar-refractivity contribution in [3.8, 4) is 5.75 Å². The summed E-state index contributed by atoms with van der Waals surface area (Å²) < 4.78 is 1.31. The summed E-state index contributed by atoms with van der Waals surface area (Å²) in [4.78, 5) is 14.0. The van der Waals surface area contributed by atoms with Crippen LogP contribution in [-0.4, -0.2) is 25.9 Å². The van der Waals surface area contributed by atoms with E-state index in [-0.39, 0.29) is 17.2 Å². The van der Waals surface area contributed by atoms with Crippen molar-refractivity contribution in [2.75, 3.05) is 5.73 Å². The van der Waals surface area contributed by atoms with Crippen LogP contribution in [0.2, 0.25) is 0 Å². The predicted octanol–water partition coefficient (Wildman–Crippen LogP) is 1.27. The number of hydrogen-bond donors (Lipinski definition) is 2. The Morgan fingerprint density at radius 2 is 2.32 bits per heavy atom. The van der Waals surface area contributed by atoms with E-state index in [0.717, 1.165) is 0 Å². The minimum Gasteiger partial charge on any atom is -0.502 e. The molecular formula is C11H11N5O3. The molecular weight excluding hydrogens is 250 g/mol. The van der Waals surface area contributed by atoms with Crippen molar-refractivity contribution in [2.24, 2.45) is 5.10 Å². The second-order valence-corrected chi connectivity index (χ2v) is 3.80. The number of aromatic nitrogens is 2. The van der Waals surface area contributed by atoms with Crippen LogP contribution >= 0.6 is 0 Å². The summed E-state index contributed by atoms with van der Waals surface area (Å²) in [5, 5.41) is 24.4. The van der Waals surface area contributed by atoms with Gasteiger partial charge in [0.2, 0.25) is 11.7 Å². The van der Waals surface area contributed by atoms with Crippen molar-refractivity contribution < 1.29 is 10.0 Å². The molecule has 1 heterocycles. The smallest absolute Gasteiger partial charge is 0.311 e. The fourth-order valence-electron chi connectivity index (χ4n) is 1.52. The molecule has 19 heavy (non-hydrogen) atoms. The molecule has 1 aromatic carbocycles. The molecule has 0 unspecified atom stereocenters. The molecule has 2 rings (SSSR count). The summed E-state index contributed by atoms with van der Waals surface area (Å²) in [6.45, 7) is 1.76. The first kappa shape index (κ1) is 12.6. The van der Waals surface area contributed by atoms with Gasteiger partial charge in [0.25, 0.3) is 0 Å². The zero-order valence-electron chi connectivity index (χ0n) is 10.0. The molecule has 0 fully saturated rings. The van der Waals surface area contributed by atoms with Crippen LogP contribution in [0.15, 0.2) is 29.5 Å². The van der Waals surface area contributed by atoms with Crippen LogP contribution in [0.4, 0.5) is 11.6 Å². The molecule has 0 aliphatic rings. The van der Waals surface area contributed by atoms with Gasteiger partial charge in [-0.05, 0) is 13.0 Å². The predicted molar refractivity (Wildman–Crippen MR) is 69.1 cm³/mol. The lowest BCUT2D eigenvalue weighted by Crippen LogP contribution is -1.97. The van der Waals surface area contributed by atoms with Crippen molar-refractivity contribution in [1.82, 2.24) is 9.66 Å². The van der Waals surface area contributed by atoms with Gasteiger partial charge in [0.1, 0.15) is 0 Å². The van der Waals surface area contributed by atoms with Crippen LogP contribution in [0.25, 0.3) is 0 Å². The van der Waals surface area contributed by atoms with Gasteiger partial charge < -0.3 is 10.8 Å². The maximum Gasteiger partial charge on any atom is 0.311 e. The van der Waals surface area contributed by atoms with Crippen LogP contribution in [0.5, 0.6) is 5.75 Å². The summed E-state index contributed by atoms with van der Waals surface area (Å²) in [5.74, 6) is -0.245. The van der Waals surface area contributed by atoms with Gasteiger partial charge >= 0.3 is 5.69 Å². The van der Waals surface area contributed by atoms with Crippen LogP contribution in [0.3, 0.4) is 0 Å². The highest BCUT2D eigenvalue weighted by atomic mass is 16.6. The van der Waals surface area contributed by atoms with Crippen molar-refractivity contribution in [2.45, 2.75) is 6.92 Å². The average molecular weight is 261 g/mol. The van der Waals surface area contributed by atoms with Crippen LogP contribution in [0, 0.1) is 17.0 Å². The van der Waals surface area contributed by atoms with Crippen LogP contribution in [-0.2, 0) is 0 Å². The van der Waals surface area contributed by atoms with Gasteiger partial charge in [-0.1, -0.05) is 6.07 Å². The minimum absolute atomic E-state index is 0.193. The molecule has 0 saturated carbocycles. The lowest BCUT2D eigenvalue weighted by atomic mass is 10.2. The Bertz CT molecular complexity index is 662. The van der Waals surface area contributed by atoms with Crippen molar-refractivity contribution >= 4 is 17.9 Å². The first-order valence-electron chi connectivity index (χ1n) is 5.31. The molecule has 1 aromatic heterocycles. The van der Waals surface area contributed by atoms with Gasteiger partial charge in [0.05, 0.1) is 23.0 Å². The van der Waals surface area contributed by atoms with E-state index >= 15 is 0 Å². The molecule has 0 aliphatic carbocycles. The van der Waals surface area contributed by atoms with Gasteiger partial charge in [0.15, 0.2) is 0 Å². The number of benzene rings is 1. The van der Waals surface area contributed by atoms with E-state index in [1.54, 1.807) is 13.1 Å². The number of rotatable bonds is 3. The van der Waals surface area contributed by atoms with Crippen molar-refractivity contribution in [3.63, 3.8) is 0 Å². The number of nitro benzene ring substituents is 1. The van der Waals surface area contributed by atoms with E-state index in [0.29, 0.717) is 5.69 Å². The van der Waals surface area contributed by atoms with Crippen molar-refractivity contribution in [3.05, 3.63) is 45.8 Å². The lowest BCUT2D eigenvalue weighted by Gasteiger charge is -2.00. The Hall–Kier alpha value is -2.90. The van der Waals surface area contributed by atoms with Gasteiger partial charge in [-0.3, -0.25) is 10.1 Å². The summed E-state index contributed by atoms with van der Waals surface area (Å²) in [5.41, 5.74) is 6.13. The number of nitrogen functional groups attached to an aromatic ring is 1. The molecule has 0 atom stereocenters. The molecule has 0 radical (unpaired) electrons. The number of anilines is 1. The van der Waals surface area contributed by atoms with E-state index in [4.69, 9.17) is 5.73 Å². The molecule has 8 heteroatoms. The highest BCUT2D eigenvalue weighted by molar-refractivity contribution is 5.85. The Kier molecular flexibility index (Phi) is 3.15. The summed E-state index contributed by atoms with van der Waals surface area (Å²) in [6, 6.07) is 4.18. The number of phenolic OH excluding ortho intramolecular Hbond substituents is 1. The Morgan fingerprint density at radius 3 is 2.89 bits per heavy atom. The van der Waals surface area contributed by atoms with Gasteiger partial charge in [0, 0.05) is 11.6 Å². The van der Waals surface area contributed by atoms with E-state index in [1.165, 1.54) is 29.1 Å². The first-order valence-corrected chi connectivity index (χ1v) is 5.31. The first-order chi connectivity index (χ1) is 8.99. The summed E-state index contributed by atoms with van der Waals surface area (Å²) in [6.07, 6.45) is 2.88. The van der Waals surface area contributed by atoms with E-state index in [2.05, 4.69) is 10.1 Å². The van der Waals surface area contributed by atoms with Crippen LogP contribution in [0.1, 0.15) is 11.3 Å². The largest absolute Gasteiger partial charge is 0.502 e. The second kappa shape index (κ2) is 4.77. The number of nitrogens with two attached hydrogens (primary N) is 1. The summed E-state index contributed by atoms with van der Waals surface area (Å²) >= 11 is 0. The maximum atomic E-state index is 10.7. The van der Waals surface area contributed by atoms with Crippen molar-refractivity contribution in [1.29, 1.82) is 0 Å². The van der Waals surface area contributed by atoms with E-state index in [1.807, 2.05) is 0 Å². The molecule has 0 aliphatic heterocycles. The van der Waals surface area contributed by atoms with Crippen LogP contribution < -0.4 is 5.73 Å². The number of hydrogen-bond acceptors (Lipinski definition) is 6. The Morgan fingerprint density at radius 1 is 1.58 bits per heavy atom. The topological polar surface area (TPSA) is 120 Å². The maximum absolute atomic E-state index is 10.7. The number of para-hydroxylation sites is 1. The third-order valence-corrected chi connectivity index (χ3v) is 2.40. The molecule has 0 amide bonds. The number of nitrogens with zero attached hydrogens (tertiary/aromatic N) is 4. The molecule has 3 N–H and O–H groups in total. The number of nitro groups is 1. The number of aryl methyl sites for hydroxylation is 1. The Balaban J connectivity index is 2.36. The molecule has 98 valence electrons. The standard InChI is InChI=1S/C11H11N5O3/c1-7-6-15(11(12)14-7)13-5-8-3-2-4-9(10(8)17)16(18)19/h2-6,17H,1H3,(H2,12,14). The quantitative estimate of drug-likeness (QED) is 0.489.